The highest BCUT2D eigenvalue weighted by Crippen LogP contribution is 2.33. The molecule has 0 radical (unpaired) electrons. The number of carbonyl (C=O) groups excluding carboxylic acids is 1. The fourth-order valence-electron chi connectivity index (χ4n) is 6.57. The Morgan fingerprint density at radius 1 is 0.763 bits per heavy atom. The average Bonchev–Trinajstić information content (AvgIpc) is 3.36. The molecule has 1 unspecified atom stereocenters. The number of halogens is 1. The topological polar surface area (TPSA) is 23.6 Å². The first-order valence-corrected chi connectivity index (χ1v) is 13.9. The van der Waals surface area contributed by atoms with Gasteiger partial charge in [-0.3, -0.25) is 9.69 Å². The Kier molecular flexibility index (Phi) is 7.35. The summed E-state index contributed by atoms with van der Waals surface area (Å²) in [6.45, 7) is 5.59. The summed E-state index contributed by atoms with van der Waals surface area (Å²) in [6.07, 6.45) is 2.16. The van der Waals surface area contributed by atoms with Crippen molar-refractivity contribution < 1.29 is 9.18 Å². The summed E-state index contributed by atoms with van der Waals surface area (Å²) in [5.74, 6) is 0.897. The lowest BCUT2D eigenvalue weighted by Crippen LogP contribution is -2.39. The van der Waals surface area contributed by atoms with E-state index in [1.54, 1.807) is 12.1 Å². The predicted molar refractivity (Wildman–Crippen MR) is 152 cm³/mol. The monoisotopic (exact) mass is 506 g/mol. The number of likely N-dealkylation sites (tertiary alicyclic amines) is 2. The van der Waals surface area contributed by atoms with Crippen molar-refractivity contribution in [3.8, 4) is 0 Å². The van der Waals surface area contributed by atoms with Crippen LogP contribution in [0.4, 0.5) is 4.39 Å². The minimum absolute atomic E-state index is 0.00204. The highest BCUT2D eigenvalue weighted by molar-refractivity contribution is 5.98. The van der Waals surface area contributed by atoms with Crippen LogP contribution in [0.5, 0.6) is 0 Å². The highest BCUT2D eigenvalue weighted by atomic mass is 19.1. The fraction of sp³-hybridized carbons (Fsp3) is 0.324. The van der Waals surface area contributed by atoms with Crippen molar-refractivity contribution in [2.75, 3.05) is 32.7 Å². The van der Waals surface area contributed by atoms with E-state index in [4.69, 9.17) is 0 Å². The van der Waals surface area contributed by atoms with Gasteiger partial charge in [0.25, 0.3) is 0 Å². The Hall–Kier alpha value is -3.34. The van der Waals surface area contributed by atoms with E-state index in [2.05, 4.69) is 52.3 Å². The second-order valence-corrected chi connectivity index (χ2v) is 11.1. The van der Waals surface area contributed by atoms with Crippen LogP contribution in [0.3, 0.4) is 0 Å². The maximum absolute atomic E-state index is 13.7. The Bertz CT molecular complexity index is 1370. The smallest absolute Gasteiger partial charge is 0.167 e. The van der Waals surface area contributed by atoms with Gasteiger partial charge < -0.3 is 4.90 Å². The second kappa shape index (κ2) is 11.2. The molecule has 2 aliphatic heterocycles. The maximum Gasteiger partial charge on any atom is 0.167 e. The van der Waals surface area contributed by atoms with E-state index >= 15 is 0 Å². The summed E-state index contributed by atoms with van der Waals surface area (Å²) in [6, 6.07) is 31.9. The molecule has 4 aromatic carbocycles. The summed E-state index contributed by atoms with van der Waals surface area (Å²) < 4.78 is 13.4. The molecule has 0 N–H and O–H groups in total. The Balaban J connectivity index is 1.17. The van der Waals surface area contributed by atoms with Crippen molar-refractivity contribution in [2.45, 2.75) is 25.3 Å². The van der Waals surface area contributed by atoms with Gasteiger partial charge in [-0.05, 0) is 71.8 Å². The first-order valence-electron chi connectivity index (χ1n) is 13.9. The number of rotatable bonds is 7. The van der Waals surface area contributed by atoms with Crippen molar-refractivity contribution in [1.29, 1.82) is 0 Å². The molecule has 38 heavy (non-hydrogen) atoms. The van der Waals surface area contributed by atoms with Crippen LogP contribution in [-0.4, -0.2) is 48.3 Å². The van der Waals surface area contributed by atoms with Crippen molar-refractivity contribution >= 4 is 16.6 Å². The summed E-state index contributed by atoms with van der Waals surface area (Å²) >= 11 is 0. The number of fused-ring (bicyclic) bond motifs is 1. The minimum Gasteiger partial charge on any atom is -0.303 e. The fourth-order valence-corrected chi connectivity index (χ4v) is 6.57. The Labute approximate surface area is 224 Å². The number of carbonyl (C=O) groups is 1. The van der Waals surface area contributed by atoms with Gasteiger partial charge in [0.15, 0.2) is 5.78 Å². The number of piperidine rings is 1. The van der Waals surface area contributed by atoms with Crippen molar-refractivity contribution in [3.05, 3.63) is 120 Å². The van der Waals surface area contributed by atoms with Gasteiger partial charge in [0.05, 0.1) is 0 Å². The molecule has 2 aliphatic rings. The standard InChI is InChI=1S/C34H35FN2O/c35-31-15-13-25(14-16-31)26-17-19-36(20-18-26)22-30-23-37(24-33(30)34(38)28-8-2-1-3-9-28)21-29-11-6-10-27-7-4-5-12-32(27)29/h1-16,26,30,33H,17-24H2/t30?,33-/m1/s1. The van der Waals surface area contributed by atoms with E-state index in [1.165, 1.54) is 21.9 Å². The van der Waals surface area contributed by atoms with Gasteiger partial charge >= 0.3 is 0 Å². The van der Waals surface area contributed by atoms with E-state index in [0.717, 1.165) is 57.7 Å². The van der Waals surface area contributed by atoms with Gasteiger partial charge in [-0.2, -0.15) is 0 Å². The molecule has 3 nitrogen and oxygen atoms in total. The zero-order valence-electron chi connectivity index (χ0n) is 21.8. The summed E-state index contributed by atoms with van der Waals surface area (Å²) in [5.41, 5.74) is 3.39. The predicted octanol–water partition coefficient (Wildman–Crippen LogP) is 6.79. The van der Waals surface area contributed by atoms with Crippen LogP contribution in [-0.2, 0) is 6.54 Å². The lowest BCUT2D eigenvalue weighted by molar-refractivity contribution is 0.0870. The van der Waals surface area contributed by atoms with Crippen LogP contribution in [0.1, 0.15) is 40.2 Å². The molecule has 2 atom stereocenters. The molecule has 0 saturated carbocycles. The summed E-state index contributed by atoms with van der Waals surface area (Å²) in [7, 11) is 0. The minimum atomic E-state index is -0.172. The molecule has 0 aromatic heterocycles. The zero-order valence-corrected chi connectivity index (χ0v) is 21.8. The van der Waals surface area contributed by atoms with Gasteiger partial charge in [-0.15, -0.1) is 0 Å². The van der Waals surface area contributed by atoms with E-state index in [1.807, 2.05) is 42.5 Å². The van der Waals surface area contributed by atoms with Crippen molar-refractivity contribution in [2.24, 2.45) is 11.8 Å². The lowest BCUT2D eigenvalue weighted by Gasteiger charge is -2.34. The molecule has 0 aliphatic carbocycles. The van der Waals surface area contributed by atoms with Gasteiger partial charge in [0.1, 0.15) is 5.82 Å². The van der Waals surface area contributed by atoms with Gasteiger partial charge in [-0.25, -0.2) is 4.39 Å². The zero-order chi connectivity index (χ0) is 25.9. The molecule has 2 saturated heterocycles. The molecular formula is C34H35FN2O. The number of Topliss-reactive ketones (excluding diaryl/α,β-unsaturated/α-hetero) is 1. The third kappa shape index (κ3) is 5.43. The number of nitrogens with zero attached hydrogens (tertiary/aromatic N) is 2. The Morgan fingerprint density at radius 3 is 2.26 bits per heavy atom. The summed E-state index contributed by atoms with van der Waals surface area (Å²) in [5, 5.41) is 2.56. The van der Waals surface area contributed by atoms with Gasteiger partial charge in [0.2, 0.25) is 0 Å². The molecule has 0 bridgehead atoms. The largest absolute Gasteiger partial charge is 0.303 e. The van der Waals surface area contributed by atoms with Crippen LogP contribution in [0.25, 0.3) is 10.8 Å². The SMILES string of the molecule is O=C(c1ccccc1)[C@@H]1CN(Cc2cccc3ccccc23)CC1CN1CCC(c2ccc(F)cc2)CC1. The summed E-state index contributed by atoms with van der Waals surface area (Å²) in [4.78, 5) is 18.7. The maximum atomic E-state index is 13.7. The second-order valence-electron chi connectivity index (χ2n) is 11.1. The van der Waals surface area contributed by atoms with E-state index in [9.17, 15) is 9.18 Å². The van der Waals surface area contributed by atoms with Crippen LogP contribution in [0, 0.1) is 17.7 Å². The molecule has 6 rings (SSSR count). The molecular weight excluding hydrogens is 471 g/mol. The molecule has 194 valence electrons. The van der Waals surface area contributed by atoms with E-state index in [-0.39, 0.29) is 17.5 Å². The third-order valence-electron chi connectivity index (χ3n) is 8.61. The van der Waals surface area contributed by atoms with Crippen molar-refractivity contribution in [1.82, 2.24) is 9.80 Å². The quantitative estimate of drug-likeness (QED) is 0.258. The van der Waals surface area contributed by atoms with Crippen LogP contribution in [0.15, 0.2) is 97.1 Å². The number of ketones is 1. The number of hydrogen-bond acceptors (Lipinski definition) is 3. The van der Waals surface area contributed by atoms with E-state index < -0.39 is 0 Å². The van der Waals surface area contributed by atoms with Crippen LogP contribution < -0.4 is 0 Å². The molecule has 0 spiro atoms. The van der Waals surface area contributed by atoms with Gasteiger partial charge in [-0.1, -0.05) is 84.9 Å². The van der Waals surface area contributed by atoms with E-state index in [0.29, 0.717) is 11.8 Å². The average molecular weight is 507 g/mol. The highest BCUT2D eigenvalue weighted by Gasteiger charge is 2.39. The van der Waals surface area contributed by atoms with Crippen LogP contribution >= 0.6 is 0 Å². The lowest BCUT2D eigenvalue weighted by atomic mass is 9.86. The first-order chi connectivity index (χ1) is 18.6. The number of benzene rings is 4. The van der Waals surface area contributed by atoms with Crippen molar-refractivity contribution in [3.63, 3.8) is 0 Å². The van der Waals surface area contributed by atoms with Crippen LogP contribution in [0.2, 0.25) is 0 Å². The molecule has 2 fully saturated rings. The number of hydrogen-bond donors (Lipinski definition) is 0. The van der Waals surface area contributed by atoms with Gasteiger partial charge in [0, 0.05) is 37.7 Å². The normalized spacial score (nSPS) is 21.2. The molecule has 0 amide bonds. The molecule has 4 heteroatoms. The molecule has 2 heterocycles. The molecule has 4 aromatic rings. The first kappa shape index (κ1) is 25.0. The third-order valence-corrected chi connectivity index (χ3v) is 8.61. The Morgan fingerprint density at radius 2 is 1.47 bits per heavy atom.